The molecule has 166 valence electrons. The number of aromatic nitrogens is 6. The summed E-state index contributed by atoms with van der Waals surface area (Å²) in [6, 6.07) is 1.75. The predicted octanol–water partition coefficient (Wildman–Crippen LogP) is 1.61. The van der Waals surface area contributed by atoms with Gasteiger partial charge in [0, 0.05) is 57.1 Å². The van der Waals surface area contributed by atoms with Gasteiger partial charge in [0.25, 0.3) is 0 Å². The molecular formula is C18H20F3N7O3. The second-order valence-corrected chi connectivity index (χ2v) is 6.72. The van der Waals surface area contributed by atoms with Gasteiger partial charge in [-0.1, -0.05) is 0 Å². The minimum absolute atomic E-state index is 0.103. The van der Waals surface area contributed by atoms with E-state index in [0.29, 0.717) is 19.4 Å². The molecule has 1 atom stereocenters. The number of hydrogen-bond donors (Lipinski definition) is 3. The van der Waals surface area contributed by atoms with Gasteiger partial charge >= 0.3 is 12.1 Å². The maximum Gasteiger partial charge on any atom is 0.490 e. The molecule has 0 aliphatic carbocycles. The minimum Gasteiger partial charge on any atom is -0.475 e. The summed E-state index contributed by atoms with van der Waals surface area (Å²) in [7, 11) is 1.89. The van der Waals surface area contributed by atoms with Crippen molar-refractivity contribution in [1.29, 1.82) is 0 Å². The summed E-state index contributed by atoms with van der Waals surface area (Å²) >= 11 is 0. The second kappa shape index (κ2) is 9.02. The second-order valence-electron chi connectivity index (χ2n) is 6.72. The summed E-state index contributed by atoms with van der Waals surface area (Å²) in [5, 5.41) is 11.4. The van der Waals surface area contributed by atoms with E-state index in [1.807, 2.05) is 18.0 Å². The van der Waals surface area contributed by atoms with E-state index in [9.17, 15) is 18.0 Å². The first kappa shape index (κ1) is 22.1. The number of carbonyl (C=O) groups excluding carboxylic acids is 1. The number of aryl methyl sites for hydroxylation is 2. The molecule has 1 aliphatic rings. The zero-order valence-electron chi connectivity index (χ0n) is 16.4. The van der Waals surface area contributed by atoms with Gasteiger partial charge in [-0.2, -0.15) is 18.3 Å². The van der Waals surface area contributed by atoms with E-state index in [-0.39, 0.29) is 11.9 Å². The first-order valence-electron chi connectivity index (χ1n) is 9.26. The lowest BCUT2D eigenvalue weighted by molar-refractivity contribution is -0.192. The lowest BCUT2D eigenvalue weighted by atomic mass is 9.99. The number of amides is 1. The van der Waals surface area contributed by atoms with Gasteiger partial charge in [-0.05, 0) is 6.07 Å². The van der Waals surface area contributed by atoms with Crippen LogP contribution < -0.4 is 0 Å². The number of imidazole rings is 2. The molecule has 0 saturated carbocycles. The lowest BCUT2D eigenvalue weighted by Crippen LogP contribution is -2.41. The van der Waals surface area contributed by atoms with E-state index in [2.05, 4.69) is 25.0 Å². The summed E-state index contributed by atoms with van der Waals surface area (Å²) < 4.78 is 33.5. The molecule has 0 spiro atoms. The van der Waals surface area contributed by atoms with Crippen molar-refractivity contribution in [3.05, 3.63) is 53.9 Å². The van der Waals surface area contributed by atoms with Crippen LogP contribution >= 0.6 is 0 Å². The highest BCUT2D eigenvalue weighted by molar-refractivity contribution is 5.77. The average Bonchev–Trinajstić information content (AvgIpc) is 3.46. The van der Waals surface area contributed by atoms with Crippen molar-refractivity contribution in [3.63, 3.8) is 0 Å². The van der Waals surface area contributed by atoms with Gasteiger partial charge in [0.2, 0.25) is 5.91 Å². The van der Waals surface area contributed by atoms with Gasteiger partial charge in [-0.3, -0.25) is 9.48 Å². The molecule has 31 heavy (non-hydrogen) atoms. The standard InChI is InChI=1S/C16H19N7O.C2HF3O2/c1-22-12(4-6-21-22)16-15-11(19-10-20-15)5-9-23(16)14(24)3-2-13-17-7-8-18-13;3-2(4,5)1(6)7/h4,6-8,10,16H,2-3,5,9H2,1H3,(H,17,18)(H,19,20);(H,6,7). The summed E-state index contributed by atoms with van der Waals surface area (Å²) in [5.41, 5.74) is 2.97. The van der Waals surface area contributed by atoms with Crippen molar-refractivity contribution in [3.8, 4) is 0 Å². The molecule has 10 nitrogen and oxygen atoms in total. The summed E-state index contributed by atoms with van der Waals surface area (Å²) in [5.74, 6) is -1.82. The zero-order chi connectivity index (χ0) is 22.6. The fourth-order valence-corrected chi connectivity index (χ4v) is 3.30. The summed E-state index contributed by atoms with van der Waals surface area (Å²) in [4.78, 5) is 38.5. The van der Waals surface area contributed by atoms with Crippen molar-refractivity contribution < 1.29 is 27.9 Å². The highest BCUT2D eigenvalue weighted by atomic mass is 19.4. The molecule has 0 saturated heterocycles. The third-order valence-electron chi connectivity index (χ3n) is 4.76. The number of fused-ring (bicyclic) bond motifs is 1. The zero-order valence-corrected chi connectivity index (χ0v) is 16.4. The van der Waals surface area contributed by atoms with E-state index in [1.165, 1.54) is 0 Å². The molecule has 3 aromatic heterocycles. The van der Waals surface area contributed by atoms with Crippen LogP contribution in [0.15, 0.2) is 31.0 Å². The van der Waals surface area contributed by atoms with Crippen molar-refractivity contribution in [1.82, 2.24) is 34.6 Å². The molecule has 1 amide bonds. The Hall–Kier alpha value is -3.64. The monoisotopic (exact) mass is 439 g/mol. The van der Waals surface area contributed by atoms with Crippen LogP contribution in [-0.4, -0.2) is 64.3 Å². The summed E-state index contributed by atoms with van der Waals surface area (Å²) in [6.07, 6.45) is 3.66. The number of hydrogen-bond acceptors (Lipinski definition) is 5. The van der Waals surface area contributed by atoms with Crippen LogP contribution in [0.4, 0.5) is 13.2 Å². The molecular weight excluding hydrogens is 419 g/mol. The van der Waals surface area contributed by atoms with Crippen LogP contribution in [0.5, 0.6) is 0 Å². The van der Waals surface area contributed by atoms with Crippen LogP contribution in [0.3, 0.4) is 0 Å². The van der Waals surface area contributed by atoms with Gasteiger partial charge < -0.3 is 20.0 Å². The average molecular weight is 439 g/mol. The molecule has 4 rings (SSSR count). The fraction of sp³-hybridized carbons (Fsp3) is 0.389. The number of H-pyrrole nitrogens is 2. The SMILES string of the molecule is Cn1nccc1C1c2nc[nH]c2CCN1C(=O)CCc1ncc[nH]1.O=C(O)C(F)(F)F. The molecule has 13 heteroatoms. The number of aliphatic carboxylic acids is 1. The van der Waals surface area contributed by atoms with Gasteiger partial charge in [-0.15, -0.1) is 0 Å². The van der Waals surface area contributed by atoms with E-state index >= 15 is 0 Å². The Bertz CT molecular complexity index is 1030. The Balaban J connectivity index is 0.000000339. The number of alkyl halides is 3. The first-order chi connectivity index (χ1) is 14.7. The molecule has 3 N–H and O–H groups in total. The van der Waals surface area contributed by atoms with Crippen LogP contribution in [-0.2, 0) is 29.5 Å². The van der Waals surface area contributed by atoms with Crippen molar-refractivity contribution >= 4 is 11.9 Å². The van der Waals surface area contributed by atoms with Gasteiger partial charge in [0.15, 0.2) is 0 Å². The van der Waals surface area contributed by atoms with Gasteiger partial charge in [0.05, 0.1) is 17.7 Å². The van der Waals surface area contributed by atoms with Crippen LogP contribution in [0.2, 0.25) is 0 Å². The fourth-order valence-electron chi connectivity index (χ4n) is 3.30. The quantitative estimate of drug-likeness (QED) is 0.566. The highest BCUT2D eigenvalue weighted by Gasteiger charge is 2.38. The van der Waals surface area contributed by atoms with Crippen LogP contribution in [0.1, 0.15) is 35.4 Å². The number of carbonyl (C=O) groups is 2. The maximum absolute atomic E-state index is 12.9. The van der Waals surface area contributed by atoms with E-state index < -0.39 is 12.1 Å². The lowest BCUT2D eigenvalue weighted by Gasteiger charge is -2.35. The molecule has 0 fully saturated rings. The van der Waals surface area contributed by atoms with Crippen molar-refractivity contribution in [2.75, 3.05) is 6.54 Å². The van der Waals surface area contributed by atoms with Crippen LogP contribution in [0.25, 0.3) is 0 Å². The van der Waals surface area contributed by atoms with Crippen LogP contribution in [0, 0.1) is 0 Å². The molecule has 0 bridgehead atoms. The molecule has 1 unspecified atom stereocenters. The Morgan fingerprint density at radius 1 is 1.26 bits per heavy atom. The van der Waals surface area contributed by atoms with E-state index in [0.717, 1.165) is 29.3 Å². The molecule has 0 aromatic carbocycles. The number of rotatable bonds is 4. The van der Waals surface area contributed by atoms with Gasteiger partial charge in [-0.25, -0.2) is 14.8 Å². The van der Waals surface area contributed by atoms with Crippen molar-refractivity contribution in [2.45, 2.75) is 31.5 Å². The minimum atomic E-state index is -5.08. The Morgan fingerprint density at radius 3 is 2.58 bits per heavy atom. The largest absolute Gasteiger partial charge is 0.490 e. The number of nitrogens with one attached hydrogen (secondary N) is 2. The third-order valence-corrected chi connectivity index (χ3v) is 4.76. The Labute approximate surface area is 174 Å². The Morgan fingerprint density at radius 2 is 2.00 bits per heavy atom. The molecule has 3 aromatic rings. The topological polar surface area (TPSA) is 133 Å². The normalized spacial score (nSPS) is 15.7. The smallest absolute Gasteiger partial charge is 0.475 e. The number of halogens is 3. The van der Waals surface area contributed by atoms with E-state index in [1.54, 1.807) is 29.6 Å². The number of aromatic amines is 2. The van der Waals surface area contributed by atoms with Crippen molar-refractivity contribution in [2.24, 2.45) is 7.05 Å². The first-order valence-corrected chi connectivity index (χ1v) is 9.26. The predicted molar refractivity (Wildman–Crippen MR) is 99.7 cm³/mol. The van der Waals surface area contributed by atoms with E-state index in [4.69, 9.17) is 9.90 Å². The molecule has 1 aliphatic heterocycles. The molecule has 0 radical (unpaired) electrons. The number of nitrogens with zero attached hydrogens (tertiary/aromatic N) is 5. The Kier molecular flexibility index (Phi) is 6.42. The number of carboxylic acid groups (broad SMARTS) is 1. The maximum atomic E-state index is 12.9. The summed E-state index contributed by atoms with van der Waals surface area (Å²) in [6.45, 7) is 0.669. The highest BCUT2D eigenvalue weighted by Crippen LogP contribution is 2.33. The van der Waals surface area contributed by atoms with Gasteiger partial charge in [0.1, 0.15) is 11.9 Å². The third kappa shape index (κ3) is 5.10. The molecule has 4 heterocycles. The number of carboxylic acids is 1.